The van der Waals surface area contributed by atoms with Crippen LogP contribution in [0.5, 0.6) is 0 Å². The summed E-state index contributed by atoms with van der Waals surface area (Å²) in [6.45, 7) is 2.08. The Bertz CT molecular complexity index is 784. The molecule has 1 aromatic heterocycles. The zero-order valence-corrected chi connectivity index (χ0v) is 14.1. The minimum absolute atomic E-state index is 0.0551. The quantitative estimate of drug-likeness (QED) is 0.878. The van der Waals surface area contributed by atoms with Gasteiger partial charge in [0.2, 0.25) is 5.91 Å². The van der Waals surface area contributed by atoms with Crippen molar-refractivity contribution in [1.29, 1.82) is 0 Å². The monoisotopic (exact) mass is 374 g/mol. The van der Waals surface area contributed by atoms with Gasteiger partial charge in [-0.15, -0.1) is 0 Å². The lowest BCUT2D eigenvalue weighted by atomic mass is 9.85. The largest absolute Gasteiger partial charge is 0.444 e. The molecule has 0 fully saturated rings. The third kappa shape index (κ3) is 3.42. The van der Waals surface area contributed by atoms with Crippen LogP contribution in [0.4, 0.5) is 0 Å². The van der Waals surface area contributed by atoms with Crippen molar-refractivity contribution in [3.05, 3.63) is 58.1 Å². The molecule has 0 radical (unpaired) electrons. The fraction of sp³-hybridized carbons (Fsp3) is 0.235. The maximum absolute atomic E-state index is 12.1. The average Bonchev–Trinajstić information content (AvgIpc) is 2.94. The molecule has 1 aliphatic carbocycles. The maximum Gasteiger partial charge on any atom is 0.313 e. The Balaban J connectivity index is 1.85. The molecule has 0 saturated heterocycles. The number of rotatable bonds is 3. The Hall–Kier alpha value is -2.21. The molecule has 5 nitrogen and oxygen atoms in total. The standard InChI is InChI=1S/C17H15BrN2O3/c1-2-3-10-8-16(21)20-13-9-11(4-5-12(10)13)19-17(22)14-6-7-15(18)23-14/h4-9,12H,2-3H2,1H3,(H,20,21). The number of fused-ring (bicyclic) bond motifs is 1. The number of hydrogen-bond acceptors (Lipinski definition) is 3. The number of aliphatic imine (C=N–C) groups is 1. The zero-order chi connectivity index (χ0) is 16.4. The predicted octanol–water partition coefficient (Wildman–Crippen LogP) is 3.55. The van der Waals surface area contributed by atoms with E-state index in [1.165, 1.54) is 0 Å². The molecule has 0 saturated carbocycles. The molecule has 118 valence electrons. The van der Waals surface area contributed by atoms with Crippen molar-refractivity contribution in [2.24, 2.45) is 10.9 Å². The van der Waals surface area contributed by atoms with E-state index >= 15 is 0 Å². The summed E-state index contributed by atoms with van der Waals surface area (Å²) in [6, 6.07) is 3.20. The fourth-order valence-corrected chi connectivity index (χ4v) is 2.96. The first-order valence-corrected chi connectivity index (χ1v) is 8.15. The maximum atomic E-state index is 12.1. The molecular weight excluding hydrogens is 360 g/mol. The number of carbonyl (C=O) groups is 2. The van der Waals surface area contributed by atoms with Crippen LogP contribution in [0, 0.1) is 5.92 Å². The second kappa shape index (κ2) is 6.50. The van der Waals surface area contributed by atoms with Crippen molar-refractivity contribution < 1.29 is 14.0 Å². The van der Waals surface area contributed by atoms with Gasteiger partial charge in [-0.05, 0) is 46.6 Å². The third-order valence-corrected chi connectivity index (χ3v) is 4.06. The SMILES string of the molecule is CCCC1=CC(=O)NC2=CC(=NC(=O)c3ccc(Br)o3)C=CC12. The van der Waals surface area contributed by atoms with E-state index in [-0.39, 0.29) is 17.6 Å². The lowest BCUT2D eigenvalue weighted by molar-refractivity contribution is -0.116. The zero-order valence-electron chi connectivity index (χ0n) is 12.5. The Morgan fingerprint density at radius 3 is 2.91 bits per heavy atom. The van der Waals surface area contributed by atoms with Crippen molar-refractivity contribution in [2.75, 3.05) is 0 Å². The van der Waals surface area contributed by atoms with Gasteiger partial charge >= 0.3 is 5.91 Å². The van der Waals surface area contributed by atoms with Gasteiger partial charge in [0, 0.05) is 17.7 Å². The van der Waals surface area contributed by atoms with Gasteiger partial charge in [0.1, 0.15) is 0 Å². The highest BCUT2D eigenvalue weighted by Gasteiger charge is 2.26. The topological polar surface area (TPSA) is 71.7 Å². The number of halogens is 1. The molecule has 0 bridgehead atoms. The van der Waals surface area contributed by atoms with Gasteiger partial charge < -0.3 is 9.73 Å². The van der Waals surface area contributed by atoms with E-state index in [0.717, 1.165) is 24.1 Å². The van der Waals surface area contributed by atoms with Crippen LogP contribution >= 0.6 is 15.9 Å². The molecule has 0 spiro atoms. The van der Waals surface area contributed by atoms with Crippen molar-refractivity contribution in [3.8, 4) is 0 Å². The van der Waals surface area contributed by atoms with Crippen LogP contribution < -0.4 is 5.32 Å². The van der Waals surface area contributed by atoms with Crippen LogP contribution in [0.1, 0.15) is 30.3 Å². The van der Waals surface area contributed by atoms with Crippen molar-refractivity contribution in [2.45, 2.75) is 19.8 Å². The molecule has 2 aliphatic rings. The summed E-state index contributed by atoms with van der Waals surface area (Å²) in [7, 11) is 0. The molecule has 6 heteroatoms. The van der Waals surface area contributed by atoms with Gasteiger partial charge in [-0.2, -0.15) is 0 Å². The fourth-order valence-electron chi connectivity index (χ4n) is 2.66. The first-order valence-electron chi connectivity index (χ1n) is 7.36. The number of nitrogens with one attached hydrogen (secondary N) is 1. The Morgan fingerprint density at radius 2 is 2.22 bits per heavy atom. The molecular formula is C17H15BrN2O3. The number of nitrogens with zero attached hydrogens (tertiary/aromatic N) is 1. The van der Waals surface area contributed by atoms with Gasteiger partial charge in [0.25, 0.3) is 0 Å². The van der Waals surface area contributed by atoms with Crippen LogP contribution in [0.25, 0.3) is 0 Å². The summed E-state index contributed by atoms with van der Waals surface area (Å²) in [5, 5.41) is 2.83. The molecule has 1 atom stereocenters. The van der Waals surface area contributed by atoms with E-state index in [4.69, 9.17) is 4.42 Å². The van der Waals surface area contributed by atoms with Crippen LogP contribution in [0.3, 0.4) is 0 Å². The lowest BCUT2D eigenvalue weighted by Crippen LogP contribution is -2.33. The summed E-state index contributed by atoms with van der Waals surface area (Å²) in [4.78, 5) is 27.9. The van der Waals surface area contributed by atoms with E-state index in [2.05, 4.69) is 33.2 Å². The van der Waals surface area contributed by atoms with Gasteiger partial charge in [0.15, 0.2) is 10.4 Å². The van der Waals surface area contributed by atoms with Gasteiger partial charge in [-0.25, -0.2) is 4.99 Å². The number of amides is 2. The first kappa shape index (κ1) is 15.7. The minimum atomic E-state index is -0.461. The molecule has 0 aromatic carbocycles. The molecule has 3 rings (SSSR count). The molecule has 1 unspecified atom stereocenters. The number of allylic oxidation sites excluding steroid dienone is 3. The Kier molecular flexibility index (Phi) is 4.43. The van der Waals surface area contributed by atoms with E-state index < -0.39 is 5.91 Å². The van der Waals surface area contributed by atoms with Crippen molar-refractivity contribution in [3.63, 3.8) is 0 Å². The summed E-state index contributed by atoms with van der Waals surface area (Å²) < 4.78 is 5.68. The summed E-state index contributed by atoms with van der Waals surface area (Å²) in [5.74, 6) is -0.374. The summed E-state index contributed by atoms with van der Waals surface area (Å²) in [6.07, 6.45) is 8.99. The lowest BCUT2D eigenvalue weighted by Gasteiger charge is -2.27. The van der Waals surface area contributed by atoms with E-state index in [1.807, 2.05) is 6.08 Å². The number of hydrogen-bond donors (Lipinski definition) is 1. The first-order chi connectivity index (χ1) is 11.1. The molecule has 1 aliphatic heterocycles. The number of furan rings is 1. The molecule has 2 heterocycles. The van der Waals surface area contributed by atoms with E-state index in [1.54, 1.807) is 30.4 Å². The van der Waals surface area contributed by atoms with E-state index in [9.17, 15) is 9.59 Å². The van der Waals surface area contributed by atoms with Gasteiger partial charge in [-0.3, -0.25) is 9.59 Å². The van der Waals surface area contributed by atoms with Crippen LogP contribution in [-0.2, 0) is 4.79 Å². The van der Waals surface area contributed by atoms with Gasteiger partial charge in [0.05, 0.1) is 5.71 Å². The third-order valence-electron chi connectivity index (χ3n) is 3.63. The molecule has 23 heavy (non-hydrogen) atoms. The normalized spacial score (nSPS) is 21.6. The highest BCUT2D eigenvalue weighted by Crippen LogP contribution is 2.30. The summed E-state index contributed by atoms with van der Waals surface area (Å²) in [5.41, 5.74) is 2.33. The molecule has 2 amide bonds. The van der Waals surface area contributed by atoms with Crippen LogP contribution in [0.15, 0.2) is 61.8 Å². The molecule has 1 N–H and O–H groups in total. The number of carbonyl (C=O) groups excluding carboxylic acids is 2. The Labute approximate surface area is 142 Å². The van der Waals surface area contributed by atoms with E-state index in [0.29, 0.717) is 10.4 Å². The summed E-state index contributed by atoms with van der Waals surface area (Å²) >= 11 is 3.15. The second-order valence-corrected chi connectivity index (χ2v) is 6.12. The highest BCUT2D eigenvalue weighted by atomic mass is 79.9. The Morgan fingerprint density at radius 1 is 1.39 bits per heavy atom. The smallest absolute Gasteiger partial charge is 0.313 e. The minimum Gasteiger partial charge on any atom is -0.444 e. The molecule has 1 aromatic rings. The van der Waals surface area contributed by atoms with Crippen molar-refractivity contribution >= 4 is 33.5 Å². The van der Waals surface area contributed by atoms with Crippen LogP contribution in [-0.4, -0.2) is 17.5 Å². The van der Waals surface area contributed by atoms with Gasteiger partial charge in [-0.1, -0.05) is 25.0 Å². The second-order valence-electron chi connectivity index (χ2n) is 5.34. The average molecular weight is 375 g/mol. The van der Waals surface area contributed by atoms with Crippen molar-refractivity contribution in [1.82, 2.24) is 5.32 Å². The van der Waals surface area contributed by atoms with Crippen LogP contribution in [0.2, 0.25) is 0 Å². The highest BCUT2D eigenvalue weighted by molar-refractivity contribution is 9.10. The predicted molar refractivity (Wildman–Crippen MR) is 90.0 cm³/mol.